The highest BCUT2D eigenvalue weighted by Crippen LogP contribution is 2.34. The molecular weight excluding hydrogens is 442 g/mol. The van der Waals surface area contributed by atoms with E-state index in [0.29, 0.717) is 29.3 Å². The predicted molar refractivity (Wildman–Crippen MR) is 115 cm³/mol. The molecule has 164 valence electrons. The van der Waals surface area contributed by atoms with Crippen molar-refractivity contribution in [2.75, 3.05) is 11.9 Å². The second-order valence-electron chi connectivity index (χ2n) is 7.53. The number of hydrogen-bond donors (Lipinski definition) is 2. The highest BCUT2D eigenvalue weighted by atomic mass is 35.5. The fourth-order valence-electron chi connectivity index (χ4n) is 3.68. The zero-order valence-electron chi connectivity index (χ0n) is 16.8. The first kappa shape index (κ1) is 21.6. The molecule has 4 rings (SSSR count). The lowest BCUT2D eigenvalue weighted by molar-refractivity contribution is -0.124. The monoisotopic (exact) mass is 463 g/mol. The van der Waals surface area contributed by atoms with Gasteiger partial charge in [-0.3, -0.25) is 9.59 Å². The second kappa shape index (κ2) is 8.49. The molecule has 2 aliphatic rings. The fourth-order valence-corrected chi connectivity index (χ4v) is 5.49. The lowest BCUT2D eigenvalue weighted by atomic mass is 10.2. The summed E-state index contributed by atoms with van der Waals surface area (Å²) in [5, 5.41) is 6.06. The summed E-state index contributed by atoms with van der Waals surface area (Å²) in [4.78, 5) is 24.6. The van der Waals surface area contributed by atoms with Crippen molar-refractivity contribution in [3.63, 3.8) is 0 Å². The van der Waals surface area contributed by atoms with Crippen molar-refractivity contribution in [1.82, 2.24) is 9.62 Å². The molecule has 0 aliphatic carbocycles. The molecule has 31 heavy (non-hydrogen) atoms. The summed E-state index contributed by atoms with van der Waals surface area (Å²) in [6, 6.07) is 10.6. The molecule has 2 heterocycles. The molecule has 2 aliphatic heterocycles. The van der Waals surface area contributed by atoms with Gasteiger partial charge in [-0.25, -0.2) is 8.42 Å². The average Bonchev–Trinajstić information content (AvgIpc) is 3.24. The third-order valence-corrected chi connectivity index (χ3v) is 7.53. The van der Waals surface area contributed by atoms with E-state index in [9.17, 15) is 18.0 Å². The van der Waals surface area contributed by atoms with Crippen LogP contribution in [0.25, 0.3) is 0 Å². The number of ether oxygens (including phenoxy) is 1. The molecule has 0 spiro atoms. The molecule has 2 amide bonds. The maximum absolute atomic E-state index is 13.3. The molecule has 2 aromatic carbocycles. The van der Waals surface area contributed by atoms with Gasteiger partial charge in [-0.05, 0) is 55.7 Å². The topological polar surface area (TPSA) is 105 Å². The van der Waals surface area contributed by atoms with E-state index in [0.717, 1.165) is 5.56 Å². The smallest absolute Gasteiger partial charge is 0.265 e. The number of halogens is 1. The maximum atomic E-state index is 13.3. The number of fused-ring (bicyclic) bond motifs is 1. The number of amides is 2. The lowest BCUT2D eigenvalue weighted by Gasteiger charge is -2.26. The summed E-state index contributed by atoms with van der Waals surface area (Å²) in [7, 11) is -3.94. The number of sulfonamides is 1. The molecule has 0 aromatic heterocycles. The molecule has 10 heteroatoms. The van der Waals surface area contributed by atoms with Gasteiger partial charge in [0.1, 0.15) is 11.8 Å². The largest absolute Gasteiger partial charge is 0.479 e. The van der Waals surface area contributed by atoms with Crippen molar-refractivity contribution in [1.29, 1.82) is 0 Å². The van der Waals surface area contributed by atoms with E-state index in [1.165, 1.54) is 22.5 Å². The van der Waals surface area contributed by atoms with Crippen molar-refractivity contribution in [3.8, 4) is 5.75 Å². The molecule has 0 bridgehead atoms. The van der Waals surface area contributed by atoms with Gasteiger partial charge in [0.2, 0.25) is 15.9 Å². The van der Waals surface area contributed by atoms with Gasteiger partial charge in [0.25, 0.3) is 5.91 Å². The van der Waals surface area contributed by atoms with Gasteiger partial charge in [-0.15, -0.1) is 0 Å². The second-order valence-corrected chi connectivity index (χ2v) is 9.85. The zero-order chi connectivity index (χ0) is 22.2. The van der Waals surface area contributed by atoms with Crippen LogP contribution in [0.5, 0.6) is 5.75 Å². The minimum absolute atomic E-state index is 0.00195. The van der Waals surface area contributed by atoms with Gasteiger partial charge in [0.05, 0.1) is 10.6 Å². The zero-order valence-corrected chi connectivity index (χ0v) is 18.4. The van der Waals surface area contributed by atoms with Crippen LogP contribution in [0.2, 0.25) is 5.02 Å². The minimum atomic E-state index is -3.94. The fraction of sp³-hybridized carbons (Fsp3) is 0.333. The quantitative estimate of drug-likeness (QED) is 0.709. The van der Waals surface area contributed by atoms with Gasteiger partial charge in [-0.1, -0.05) is 23.7 Å². The van der Waals surface area contributed by atoms with E-state index >= 15 is 0 Å². The number of benzene rings is 2. The molecule has 2 N–H and O–H groups in total. The molecule has 1 saturated heterocycles. The Balaban J connectivity index is 1.51. The van der Waals surface area contributed by atoms with Crippen molar-refractivity contribution < 1.29 is 22.7 Å². The number of anilines is 1. The minimum Gasteiger partial charge on any atom is -0.479 e. The van der Waals surface area contributed by atoms with E-state index < -0.39 is 22.2 Å². The van der Waals surface area contributed by atoms with Crippen molar-refractivity contribution in [3.05, 3.63) is 53.1 Å². The normalized spacial score (nSPS) is 21.2. The lowest BCUT2D eigenvalue weighted by Crippen LogP contribution is -2.45. The predicted octanol–water partition coefficient (Wildman–Crippen LogP) is 2.53. The number of carbonyl (C=O) groups excluding carboxylic acids is 2. The van der Waals surface area contributed by atoms with Gasteiger partial charge < -0.3 is 15.4 Å². The molecule has 0 saturated carbocycles. The number of nitrogens with zero attached hydrogens (tertiary/aromatic N) is 1. The molecule has 2 atom stereocenters. The molecule has 0 unspecified atom stereocenters. The molecule has 8 nitrogen and oxygen atoms in total. The van der Waals surface area contributed by atoms with E-state index in [2.05, 4.69) is 10.6 Å². The third kappa shape index (κ3) is 4.39. The summed E-state index contributed by atoms with van der Waals surface area (Å²) in [5.74, 6) is -0.285. The Morgan fingerprint density at radius 3 is 2.74 bits per heavy atom. The van der Waals surface area contributed by atoms with Crippen LogP contribution in [-0.4, -0.2) is 43.2 Å². The van der Waals surface area contributed by atoms with Crippen LogP contribution in [0.3, 0.4) is 0 Å². The highest BCUT2D eigenvalue weighted by molar-refractivity contribution is 7.89. The summed E-state index contributed by atoms with van der Waals surface area (Å²) in [6.07, 6.45) is 0.372. The Kier molecular flexibility index (Phi) is 5.92. The molecule has 1 fully saturated rings. The van der Waals surface area contributed by atoms with Crippen LogP contribution in [-0.2, 0) is 26.2 Å². The van der Waals surface area contributed by atoms with Crippen molar-refractivity contribution >= 4 is 39.1 Å². The van der Waals surface area contributed by atoms with Crippen LogP contribution in [0, 0.1) is 0 Å². The van der Waals surface area contributed by atoms with Gasteiger partial charge in [-0.2, -0.15) is 4.31 Å². The maximum Gasteiger partial charge on any atom is 0.265 e. The Morgan fingerprint density at radius 1 is 1.26 bits per heavy atom. The third-order valence-electron chi connectivity index (χ3n) is 5.37. The van der Waals surface area contributed by atoms with Crippen molar-refractivity contribution in [2.24, 2.45) is 0 Å². The summed E-state index contributed by atoms with van der Waals surface area (Å²) in [5.41, 5.74) is 1.16. The first-order valence-electron chi connectivity index (χ1n) is 9.91. The van der Waals surface area contributed by atoms with Crippen LogP contribution < -0.4 is 15.4 Å². The van der Waals surface area contributed by atoms with E-state index in [-0.39, 0.29) is 29.8 Å². The van der Waals surface area contributed by atoms with Crippen LogP contribution >= 0.6 is 11.6 Å². The molecule has 2 aromatic rings. The molecular formula is C21H22ClN3O5S. The summed E-state index contributed by atoms with van der Waals surface area (Å²) < 4.78 is 33.2. The number of rotatable bonds is 5. The SMILES string of the molecule is C[C@@H]1Oc2ccc(S(=O)(=O)N3CCC[C@H]3C(=O)NCc3ccc(Cl)cc3)cc2NC1=O. The number of hydrogen-bond acceptors (Lipinski definition) is 5. The Labute approximate surface area is 185 Å². The Morgan fingerprint density at radius 2 is 2.00 bits per heavy atom. The van der Waals surface area contributed by atoms with Crippen LogP contribution in [0.4, 0.5) is 5.69 Å². The van der Waals surface area contributed by atoms with Gasteiger partial charge in [0.15, 0.2) is 6.10 Å². The number of carbonyl (C=O) groups is 2. The number of nitrogens with one attached hydrogen (secondary N) is 2. The first-order chi connectivity index (χ1) is 14.8. The Hall–Kier alpha value is -2.62. The summed E-state index contributed by atoms with van der Waals surface area (Å²) in [6.45, 7) is 2.14. The van der Waals surface area contributed by atoms with Crippen LogP contribution in [0.1, 0.15) is 25.3 Å². The summed E-state index contributed by atoms with van der Waals surface area (Å²) >= 11 is 5.87. The highest BCUT2D eigenvalue weighted by Gasteiger charge is 2.40. The van der Waals surface area contributed by atoms with Gasteiger partial charge in [0, 0.05) is 18.1 Å². The van der Waals surface area contributed by atoms with E-state index in [1.54, 1.807) is 31.2 Å². The average molecular weight is 464 g/mol. The first-order valence-corrected chi connectivity index (χ1v) is 11.7. The van der Waals surface area contributed by atoms with Crippen LogP contribution in [0.15, 0.2) is 47.4 Å². The van der Waals surface area contributed by atoms with Gasteiger partial charge >= 0.3 is 0 Å². The molecule has 0 radical (unpaired) electrons. The Bertz CT molecular complexity index is 1120. The standard InChI is InChI=1S/C21H22ClN3O5S/c1-13-20(26)24-17-11-16(8-9-19(17)30-13)31(28,29)25-10-2-3-18(25)21(27)23-12-14-4-6-15(22)7-5-14/h4-9,11,13,18H,2-3,10,12H2,1H3,(H,23,27)(H,24,26)/t13-,18-/m0/s1. The van der Waals surface area contributed by atoms with E-state index in [1.807, 2.05) is 0 Å². The van der Waals surface area contributed by atoms with Crippen molar-refractivity contribution in [2.45, 2.75) is 43.4 Å². The van der Waals surface area contributed by atoms with E-state index in [4.69, 9.17) is 16.3 Å².